The smallest absolute Gasteiger partial charge is 0.251 e. The number of ether oxygens (including phenoxy) is 3. The van der Waals surface area contributed by atoms with Crippen LogP contribution in [0.15, 0.2) is 24.3 Å². The Kier molecular flexibility index (Phi) is 6.48. The number of carbonyl (C=O) groups excluding carboxylic acids is 1. The van der Waals surface area contributed by atoms with Gasteiger partial charge in [-0.3, -0.25) is 4.79 Å². The number of nitrogens with one attached hydrogen (secondary N) is 1. The summed E-state index contributed by atoms with van der Waals surface area (Å²) in [5.41, 5.74) is 0.543. The van der Waals surface area contributed by atoms with Gasteiger partial charge in [-0.1, -0.05) is 6.07 Å². The molecule has 1 rings (SSSR count). The molecule has 0 aliphatic rings. The number of benzene rings is 1. The van der Waals surface area contributed by atoms with Crippen LogP contribution >= 0.6 is 0 Å². The van der Waals surface area contributed by atoms with Crippen LogP contribution < -0.4 is 10.1 Å². The van der Waals surface area contributed by atoms with Crippen LogP contribution in [0.4, 0.5) is 0 Å². The number of carbonyl (C=O) groups is 1. The molecule has 5 heteroatoms. The van der Waals surface area contributed by atoms with Gasteiger partial charge in [0.05, 0.1) is 12.1 Å². The minimum Gasteiger partial charge on any atom is -0.491 e. The lowest BCUT2D eigenvalue weighted by Crippen LogP contribution is -2.42. The number of methoxy groups -OCH3 is 2. The first-order valence-corrected chi connectivity index (χ1v) is 6.61. The number of amides is 1. The summed E-state index contributed by atoms with van der Waals surface area (Å²) in [5, 5.41) is 2.83. The Hall–Kier alpha value is -1.59. The van der Waals surface area contributed by atoms with Crippen LogP contribution in [0.3, 0.4) is 0 Å². The lowest BCUT2D eigenvalue weighted by Gasteiger charge is -2.22. The van der Waals surface area contributed by atoms with Gasteiger partial charge in [0, 0.05) is 19.8 Å². The highest BCUT2D eigenvalue weighted by molar-refractivity contribution is 5.94. The Bertz CT molecular complexity index is 430. The summed E-state index contributed by atoms with van der Waals surface area (Å²) in [5.74, 6) is 0.487. The molecule has 0 spiro atoms. The fourth-order valence-corrected chi connectivity index (χ4v) is 1.85. The summed E-state index contributed by atoms with van der Waals surface area (Å²) < 4.78 is 15.8. The van der Waals surface area contributed by atoms with Crippen LogP contribution in [0.5, 0.6) is 5.75 Å². The first-order chi connectivity index (χ1) is 9.47. The molecule has 0 aromatic heterocycles. The predicted molar refractivity (Wildman–Crippen MR) is 76.9 cm³/mol. The van der Waals surface area contributed by atoms with Gasteiger partial charge in [0.15, 0.2) is 6.29 Å². The summed E-state index contributed by atoms with van der Waals surface area (Å²) in [6, 6.07) is 6.82. The zero-order chi connectivity index (χ0) is 15.1. The van der Waals surface area contributed by atoms with E-state index >= 15 is 0 Å². The fourth-order valence-electron chi connectivity index (χ4n) is 1.85. The molecule has 1 amide bonds. The Morgan fingerprint density at radius 2 is 1.80 bits per heavy atom. The van der Waals surface area contributed by atoms with E-state index in [0.717, 1.165) is 0 Å². The van der Waals surface area contributed by atoms with E-state index in [9.17, 15) is 4.79 Å². The van der Waals surface area contributed by atoms with Gasteiger partial charge in [0.2, 0.25) is 0 Å². The van der Waals surface area contributed by atoms with Crippen molar-refractivity contribution in [1.29, 1.82) is 0 Å². The summed E-state index contributed by atoms with van der Waals surface area (Å²) in [6.45, 7) is 5.71. The van der Waals surface area contributed by atoms with E-state index < -0.39 is 6.29 Å². The van der Waals surface area contributed by atoms with E-state index in [4.69, 9.17) is 14.2 Å². The van der Waals surface area contributed by atoms with E-state index in [1.165, 1.54) is 14.2 Å². The molecule has 5 nitrogen and oxygen atoms in total. The standard InChI is InChI=1S/C15H23NO4/c1-10(2)20-13-8-6-7-12(9-13)14(17)16-11(3)15(18-4)19-5/h6-11,15H,1-5H3,(H,16,17). The van der Waals surface area contributed by atoms with Crippen LogP contribution in [-0.2, 0) is 9.47 Å². The Morgan fingerprint density at radius 1 is 1.15 bits per heavy atom. The maximum atomic E-state index is 12.2. The second kappa shape index (κ2) is 7.87. The third kappa shape index (κ3) is 4.83. The van der Waals surface area contributed by atoms with Crippen LogP contribution in [0.25, 0.3) is 0 Å². The predicted octanol–water partition coefficient (Wildman–Crippen LogP) is 2.21. The molecule has 1 atom stereocenters. The SMILES string of the molecule is COC(OC)C(C)NC(=O)c1cccc(OC(C)C)c1. The van der Waals surface area contributed by atoms with Crippen molar-refractivity contribution in [1.82, 2.24) is 5.32 Å². The van der Waals surface area contributed by atoms with E-state index in [1.54, 1.807) is 18.2 Å². The van der Waals surface area contributed by atoms with Crippen molar-refractivity contribution >= 4 is 5.91 Å². The van der Waals surface area contributed by atoms with Crippen molar-refractivity contribution in [3.05, 3.63) is 29.8 Å². The molecule has 0 bridgehead atoms. The summed E-state index contributed by atoms with van der Waals surface area (Å²) in [6.07, 6.45) is -0.410. The number of rotatable bonds is 7. The topological polar surface area (TPSA) is 56.8 Å². The molecular formula is C15H23NO4. The van der Waals surface area contributed by atoms with E-state index in [0.29, 0.717) is 11.3 Å². The second-order valence-corrected chi connectivity index (χ2v) is 4.80. The third-order valence-corrected chi connectivity index (χ3v) is 2.70. The normalized spacial score (nSPS) is 12.6. The van der Waals surface area contributed by atoms with Crippen LogP contribution in [0.1, 0.15) is 31.1 Å². The Balaban J connectivity index is 2.72. The van der Waals surface area contributed by atoms with Crippen molar-refractivity contribution in [3.63, 3.8) is 0 Å². The van der Waals surface area contributed by atoms with E-state index in [1.807, 2.05) is 26.8 Å². The highest BCUT2D eigenvalue weighted by atomic mass is 16.7. The molecule has 1 unspecified atom stereocenters. The molecule has 0 aliphatic heterocycles. The summed E-state index contributed by atoms with van der Waals surface area (Å²) >= 11 is 0. The van der Waals surface area contributed by atoms with Gasteiger partial charge in [0.25, 0.3) is 5.91 Å². The highest BCUT2D eigenvalue weighted by Gasteiger charge is 2.19. The maximum Gasteiger partial charge on any atom is 0.251 e. The van der Waals surface area contributed by atoms with Gasteiger partial charge in [0.1, 0.15) is 5.75 Å². The summed E-state index contributed by atoms with van der Waals surface area (Å²) in [7, 11) is 3.07. The van der Waals surface area contributed by atoms with E-state index in [2.05, 4.69) is 5.32 Å². The minimum absolute atomic E-state index is 0.0681. The second-order valence-electron chi connectivity index (χ2n) is 4.80. The molecule has 0 fully saturated rings. The van der Waals surface area contributed by atoms with Crippen molar-refractivity contribution in [2.24, 2.45) is 0 Å². The highest BCUT2D eigenvalue weighted by Crippen LogP contribution is 2.15. The average molecular weight is 281 g/mol. The van der Waals surface area contributed by atoms with E-state index in [-0.39, 0.29) is 18.1 Å². The van der Waals surface area contributed by atoms with Gasteiger partial charge in [-0.25, -0.2) is 0 Å². The minimum atomic E-state index is -0.478. The lowest BCUT2D eigenvalue weighted by molar-refractivity contribution is -0.117. The zero-order valence-electron chi connectivity index (χ0n) is 12.7. The summed E-state index contributed by atoms with van der Waals surface area (Å²) in [4.78, 5) is 12.2. The molecule has 1 aromatic carbocycles. The molecule has 20 heavy (non-hydrogen) atoms. The number of hydrogen-bond acceptors (Lipinski definition) is 4. The molecule has 112 valence electrons. The maximum absolute atomic E-state index is 12.2. The molecule has 0 radical (unpaired) electrons. The fraction of sp³-hybridized carbons (Fsp3) is 0.533. The molecule has 0 aliphatic carbocycles. The van der Waals surface area contributed by atoms with Crippen molar-refractivity contribution in [3.8, 4) is 5.75 Å². The molecule has 1 aromatic rings. The molecule has 0 saturated carbocycles. The first-order valence-electron chi connectivity index (χ1n) is 6.61. The van der Waals surface area contributed by atoms with Crippen molar-refractivity contribution in [2.45, 2.75) is 39.2 Å². The molecule has 1 N–H and O–H groups in total. The van der Waals surface area contributed by atoms with Gasteiger partial charge in [-0.15, -0.1) is 0 Å². The van der Waals surface area contributed by atoms with Gasteiger partial charge < -0.3 is 19.5 Å². The van der Waals surface area contributed by atoms with Crippen LogP contribution in [-0.4, -0.2) is 38.6 Å². The molecular weight excluding hydrogens is 258 g/mol. The van der Waals surface area contributed by atoms with Gasteiger partial charge in [-0.05, 0) is 39.0 Å². The quantitative estimate of drug-likeness (QED) is 0.779. The van der Waals surface area contributed by atoms with Crippen molar-refractivity contribution in [2.75, 3.05) is 14.2 Å². The Morgan fingerprint density at radius 3 is 2.35 bits per heavy atom. The van der Waals surface area contributed by atoms with Crippen LogP contribution in [0, 0.1) is 0 Å². The first kappa shape index (κ1) is 16.5. The molecule has 0 heterocycles. The lowest BCUT2D eigenvalue weighted by atomic mass is 10.2. The van der Waals surface area contributed by atoms with Crippen molar-refractivity contribution < 1.29 is 19.0 Å². The number of hydrogen-bond donors (Lipinski definition) is 1. The monoisotopic (exact) mass is 281 g/mol. The largest absolute Gasteiger partial charge is 0.491 e. The van der Waals surface area contributed by atoms with Crippen LogP contribution in [0.2, 0.25) is 0 Å². The van der Waals surface area contributed by atoms with Gasteiger partial charge in [-0.2, -0.15) is 0 Å². The Labute approximate surface area is 120 Å². The average Bonchev–Trinajstić information content (AvgIpc) is 2.39. The zero-order valence-corrected chi connectivity index (χ0v) is 12.7. The molecule has 0 saturated heterocycles. The van der Waals surface area contributed by atoms with Gasteiger partial charge >= 0.3 is 0 Å². The third-order valence-electron chi connectivity index (χ3n) is 2.70.